The second-order valence-corrected chi connectivity index (χ2v) is 14.8. The summed E-state index contributed by atoms with van der Waals surface area (Å²) in [5.41, 5.74) is -0.652. The molecule has 10 heteroatoms. The van der Waals surface area contributed by atoms with Gasteiger partial charge in [-0.1, -0.05) is 33.0 Å². The molecule has 0 aliphatic rings. The number of amides is 1. The average molecular weight is 465 g/mol. The molecule has 2 N–H and O–H groups in total. The van der Waals surface area contributed by atoms with Crippen LogP contribution >= 0.6 is 12.2 Å². The summed E-state index contributed by atoms with van der Waals surface area (Å²) in [6.45, 7) is 18.1. The van der Waals surface area contributed by atoms with Crippen LogP contribution in [0.2, 0.25) is 18.1 Å². The predicted octanol–water partition coefficient (Wildman–Crippen LogP) is 3.40. The highest BCUT2D eigenvalue weighted by Crippen LogP contribution is 2.36. The monoisotopic (exact) mass is 464 g/mol. The molecule has 0 rings (SSSR count). The number of ether oxygens (including phenoxy) is 3. The van der Waals surface area contributed by atoms with Crippen molar-refractivity contribution in [1.29, 1.82) is 0 Å². The third-order valence-electron chi connectivity index (χ3n) is 4.65. The number of hydrogen-bond acceptors (Lipinski definition) is 7. The molecular weight excluding hydrogens is 424 g/mol. The molecule has 1 amide bonds. The molecule has 8 nitrogen and oxygen atoms in total. The number of esters is 1. The number of alkyl carbamates (subject to hydrolysis) is 1. The quantitative estimate of drug-likeness (QED) is 0.289. The summed E-state index contributed by atoms with van der Waals surface area (Å²) in [6.07, 6.45) is -0.626. The normalized spacial score (nSPS) is 14.5. The molecule has 0 saturated heterocycles. The lowest BCUT2D eigenvalue weighted by Crippen LogP contribution is -2.55. The van der Waals surface area contributed by atoms with Crippen LogP contribution < -0.4 is 10.6 Å². The molecule has 0 aromatic carbocycles. The molecular formula is C20H40N2O6SSi. The fourth-order valence-electron chi connectivity index (χ4n) is 1.99. The Morgan fingerprint density at radius 2 is 1.57 bits per heavy atom. The third-order valence-corrected chi connectivity index (χ3v) is 9.55. The van der Waals surface area contributed by atoms with Crippen LogP contribution in [0.3, 0.4) is 0 Å². The highest BCUT2D eigenvalue weighted by molar-refractivity contribution is 7.80. The SMILES string of the molecule is CCOC(=O)[C@H](CO[Si](C)(C)C(C)(C)C)NC(=S)[C@H](COC)NC(=O)OC(C)(C)C. The molecule has 0 bridgehead atoms. The molecule has 0 heterocycles. The summed E-state index contributed by atoms with van der Waals surface area (Å²) in [7, 11) is -0.593. The van der Waals surface area contributed by atoms with Gasteiger partial charge in [0.2, 0.25) is 0 Å². The first kappa shape index (κ1) is 28.8. The number of hydrogen-bond donors (Lipinski definition) is 2. The summed E-state index contributed by atoms with van der Waals surface area (Å²) in [4.78, 5) is 24.9. The Labute approximate surface area is 187 Å². The van der Waals surface area contributed by atoms with Crippen LogP contribution in [0.25, 0.3) is 0 Å². The topological polar surface area (TPSA) is 95.1 Å². The van der Waals surface area contributed by atoms with Crippen molar-refractivity contribution in [3.05, 3.63) is 0 Å². The van der Waals surface area contributed by atoms with Crippen LogP contribution in [0, 0.1) is 0 Å². The molecule has 0 fully saturated rings. The number of thiocarbonyl (C=S) groups is 1. The molecule has 2 atom stereocenters. The number of nitrogens with one attached hydrogen (secondary N) is 2. The van der Waals surface area contributed by atoms with Gasteiger partial charge in [-0.3, -0.25) is 0 Å². The van der Waals surface area contributed by atoms with Crippen molar-refractivity contribution in [3.63, 3.8) is 0 Å². The van der Waals surface area contributed by atoms with E-state index in [1.165, 1.54) is 7.11 Å². The standard InChI is InChI=1S/C20H40N2O6SSi/c1-11-26-17(23)15(13-27-30(9,10)20(5,6)7)21-16(29)14(12-25-8)22-18(24)28-19(2,3)4/h14-15H,11-13H2,1-10H3,(H,21,29)(H,22,24)/t14-,15-/m0/s1. The van der Waals surface area contributed by atoms with E-state index in [2.05, 4.69) is 44.5 Å². The van der Waals surface area contributed by atoms with Gasteiger partial charge in [0.15, 0.2) is 8.32 Å². The van der Waals surface area contributed by atoms with Gasteiger partial charge < -0.3 is 29.3 Å². The van der Waals surface area contributed by atoms with Crippen molar-refractivity contribution in [2.24, 2.45) is 0 Å². The number of carbonyl (C=O) groups excluding carboxylic acids is 2. The van der Waals surface area contributed by atoms with Crippen molar-refractivity contribution >= 4 is 37.6 Å². The summed E-state index contributed by atoms with van der Waals surface area (Å²) in [5, 5.41) is 5.65. The van der Waals surface area contributed by atoms with Crippen LogP contribution in [0.15, 0.2) is 0 Å². The second kappa shape index (κ2) is 12.0. The third kappa shape index (κ3) is 10.7. The summed E-state index contributed by atoms with van der Waals surface area (Å²) < 4.78 is 21.8. The maximum Gasteiger partial charge on any atom is 0.408 e. The van der Waals surface area contributed by atoms with Gasteiger partial charge in [0.25, 0.3) is 0 Å². The van der Waals surface area contributed by atoms with Crippen molar-refractivity contribution < 1.29 is 28.2 Å². The molecule has 0 aromatic rings. The molecule has 30 heavy (non-hydrogen) atoms. The zero-order chi connectivity index (χ0) is 23.8. The maximum atomic E-state index is 12.5. The lowest BCUT2D eigenvalue weighted by molar-refractivity contribution is -0.146. The van der Waals surface area contributed by atoms with E-state index in [1.54, 1.807) is 27.7 Å². The molecule has 176 valence electrons. The fourth-order valence-corrected chi connectivity index (χ4v) is 3.28. The number of methoxy groups -OCH3 is 1. The summed E-state index contributed by atoms with van der Waals surface area (Å²) in [5.74, 6) is -0.466. The largest absolute Gasteiger partial charge is 0.464 e. The van der Waals surface area contributed by atoms with E-state index >= 15 is 0 Å². The highest BCUT2D eigenvalue weighted by Gasteiger charge is 2.38. The Kier molecular flexibility index (Phi) is 11.5. The Morgan fingerprint density at radius 1 is 1.00 bits per heavy atom. The lowest BCUT2D eigenvalue weighted by atomic mass is 10.2. The van der Waals surface area contributed by atoms with Gasteiger partial charge in [-0.15, -0.1) is 0 Å². The van der Waals surface area contributed by atoms with Gasteiger partial charge in [0.05, 0.1) is 19.8 Å². The minimum atomic E-state index is -2.09. The van der Waals surface area contributed by atoms with E-state index in [1.807, 2.05) is 0 Å². The van der Waals surface area contributed by atoms with Gasteiger partial charge in [-0.05, 0) is 45.8 Å². The minimum absolute atomic E-state index is 0.0103. The Balaban J connectivity index is 5.30. The Hall–Kier alpha value is -1.23. The summed E-state index contributed by atoms with van der Waals surface area (Å²) in [6, 6.07) is -1.48. The maximum absolute atomic E-state index is 12.5. The van der Waals surface area contributed by atoms with Crippen LogP contribution in [0.4, 0.5) is 4.79 Å². The van der Waals surface area contributed by atoms with E-state index in [4.69, 9.17) is 30.9 Å². The zero-order valence-corrected chi connectivity index (χ0v) is 22.0. The van der Waals surface area contributed by atoms with Crippen LogP contribution in [0.1, 0.15) is 48.5 Å². The van der Waals surface area contributed by atoms with Gasteiger partial charge in [0, 0.05) is 7.11 Å². The first-order valence-electron chi connectivity index (χ1n) is 10.1. The smallest absolute Gasteiger partial charge is 0.408 e. The van der Waals surface area contributed by atoms with Gasteiger partial charge in [-0.25, -0.2) is 9.59 Å². The molecule has 0 aliphatic carbocycles. The average Bonchev–Trinajstić information content (AvgIpc) is 2.55. The molecule has 0 unspecified atom stereocenters. The van der Waals surface area contributed by atoms with Crippen molar-refractivity contribution in [3.8, 4) is 0 Å². The molecule has 0 radical (unpaired) electrons. The van der Waals surface area contributed by atoms with Crippen LogP contribution in [-0.4, -0.2) is 70.0 Å². The van der Waals surface area contributed by atoms with E-state index in [9.17, 15) is 9.59 Å². The van der Waals surface area contributed by atoms with Gasteiger partial charge >= 0.3 is 12.1 Å². The fraction of sp³-hybridized carbons (Fsp3) is 0.850. The van der Waals surface area contributed by atoms with Gasteiger partial charge in [0.1, 0.15) is 22.7 Å². The van der Waals surface area contributed by atoms with Gasteiger partial charge in [-0.2, -0.15) is 0 Å². The lowest BCUT2D eigenvalue weighted by Gasteiger charge is -2.37. The van der Waals surface area contributed by atoms with E-state index in [0.717, 1.165) is 0 Å². The molecule has 0 saturated carbocycles. The molecule has 0 spiro atoms. The highest BCUT2D eigenvalue weighted by atomic mass is 32.1. The first-order chi connectivity index (χ1) is 13.5. The second-order valence-electron chi connectivity index (χ2n) is 9.54. The number of rotatable bonds is 10. The minimum Gasteiger partial charge on any atom is -0.464 e. The number of carbonyl (C=O) groups is 2. The van der Waals surface area contributed by atoms with E-state index < -0.39 is 38.1 Å². The van der Waals surface area contributed by atoms with Crippen molar-refractivity contribution in [2.45, 2.75) is 84.3 Å². The predicted molar refractivity (Wildman–Crippen MR) is 124 cm³/mol. The van der Waals surface area contributed by atoms with E-state index in [0.29, 0.717) is 0 Å². The molecule has 0 aromatic heterocycles. The van der Waals surface area contributed by atoms with Crippen LogP contribution in [0.5, 0.6) is 0 Å². The van der Waals surface area contributed by atoms with Crippen molar-refractivity contribution in [2.75, 3.05) is 26.9 Å². The molecule has 0 aliphatic heterocycles. The Bertz CT molecular complexity index is 587. The zero-order valence-electron chi connectivity index (χ0n) is 20.1. The summed E-state index contributed by atoms with van der Waals surface area (Å²) >= 11 is 5.45. The van der Waals surface area contributed by atoms with Crippen LogP contribution in [-0.2, 0) is 23.4 Å². The van der Waals surface area contributed by atoms with E-state index in [-0.39, 0.29) is 29.8 Å². The first-order valence-corrected chi connectivity index (χ1v) is 13.4. The Morgan fingerprint density at radius 3 is 2.00 bits per heavy atom. The van der Waals surface area contributed by atoms with Crippen molar-refractivity contribution in [1.82, 2.24) is 10.6 Å².